The zero-order valence-electron chi connectivity index (χ0n) is 14.2. The number of nitrogens with zero attached hydrogens (tertiary/aromatic N) is 2. The largest absolute Gasteiger partial charge is 0.495 e. The number of nitrogens with one attached hydrogen (secondary N) is 2. The molecule has 8 heteroatoms. The number of hydrogen-bond acceptors (Lipinski definition) is 5. The predicted octanol–water partition coefficient (Wildman–Crippen LogP) is 0.290. The van der Waals surface area contributed by atoms with Crippen LogP contribution in [0.1, 0.15) is 24.4 Å². The summed E-state index contributed by atoms with van der Waals surface area (Å²) in [5.74, 6) is 0.439. The lowest BCUT2D eigenvalue weighted by atomic mass is 9.75. The van der Waals surface area contributed by atoms with Crippen LogP contribution in [0.4, 0.5) is 4.79 Å². The second-order valence-corrected chi connectivity index (χ2v) is 6.14. The Kier molecular flexibility index (Phi) is 5.97. The van der Waals surface area contributed by atoms with E-state index in [-0.39, 0.29) is 36.5 Å². The molecular formula is C16H24N4O4. The van der Waals surface area contributed by atoms with E-state index >= 15 is 0 Å². The lowest BCUT2D eigenvalue weighted by Gasteiger charge is -2.38. The molecule has 0 bridgehead atoms. The normalized spacial score (nSPS) is 20.5. The first kappa shape index (κ1) is 18.0. The first-order valence-corrected chi connectivity index (χ1v) is 7.82. The van der Waals surface area contributed by atoms with Crippen LogP contribution < -0.4 is 15.4 Å². The number of urea groups is 1. The van der Waals surface area contributed by atoms with Crippen molar-refractivity contribution in [3.8, 4) is 5.75 Å². The van der Waals surface area contributed by atoms with Crippen molar-refractivity contribution < 1.29 is 19.4 Å². The summed E-state index contributed by atoms with van der Waals surface area (Å²) < 4.78 is 5.18. The average Bonchev–Trinajstić information content (AvgIpc) is 2.54. The monoisotopic (exact) mass is 336 g/mol. The molecule has 1 saturated carbocycles. The van der Waals surface area contributed by atoms with Gasteiger partial charge in [-0.15, -0.1) is 0 Å². The van der Waals surface area contributed by atoms with Gasteiger partial charge in [0.05, 0.1) is 32.0 Å². The Balaban J connectivity index is 2.03. The van der Waals surface area contributed by atoms with Gasteiger partial charge in [0.1, 0.15) is 5.75 Å². The van der Waals surface area contributed by atoms with Gasteiger partial charge >= 0.3 is 6.03 Å². The van der Waals surface area contributed by atoms with Crippen LogP contribution in [0, 0.1) is 5.92 Å². The Hall–Kier alpha value is -2.35. The molecular weight excluding hydrogens is 312 g/mol. The van der Waals surface area contributed by atoms with E-state index in [0.717, 1.165) is 5.56 Å². The van der Waals surface area contributed by atoms with Gasteiger partial charge in [0, 0.05) is 20.3 Å². The summed E-state index contributed by atoms with van der Waals surface area (Å²) in [6.07, 6.45) is 4.17. The first-order valence-electron chi connectivity index (χ1n) is 7.82. The molecule has 0 radical (unpaired) electrons. The van der Waals surface area contributed by atoms with Crippen molar-refractivity contribution in [1.82, 2.24) is 20.5 Å². The van der Waals surface area contributed by atoms with Gasteiger partial charge < -0.3 is 25.4 Å². The highest BCUT2D eigenvalue weighted by atomic mass is 16.5. The summed E-state index contributed by atoms with van der Waals surface area (Å²) in [5, 5.41) is 15.0. The van der Waals surface area contributed by atoms with Gasteiger partial charge in [-0.2, -0.15) is 0 Å². The second kappa shape index (κ2) is 7.96. The van der Waals surface area contributed by atoms with Crippen LogP contribution in [-0.2, 0) is 4.79 Å². The van der Waals surface area contributed by atoms with Crippen molar-refractivity contribution in [3.63, 3.8) is 0 Å². The number of ether oxygens (including phenoxy) is 1. The van der Waals surface area contributed by atoms with E-state index in [1.54, 1.807) is 33.6 Å². The zero-order valence-corrected chi connectivity index (χ0v) is 14.2. The third-order valence-corrected chi connectivity index (χ3v) is 4.07. The topological polar surface area (TPSA) is 104 Å². The maximum absolute atomic E-state index is 12.2. The Morgan fingerprint density at radius 2 is 2.12 bits per heavy atom. The van der Waals surface area contributed by atoms with E-state index in [4.69, 9.17) is 4.74 Å². The number of aliphatic hydroxyl groups excluding tert-OH is 1. The number of aliphatic hydroxyl groups is 1. The minimum absolute atomic E-state index is 0.111. The number of amides is 3. The van der Waals surface area contributed by atoms with Crippen LogP contribution in [0.2, 0.25) is 0 Å². The Labute approximate surface area is 141 Å². The molecule has 132 valence electrons. The number of methoxy groups -OCH3 is 1. The van der Waals surface area contributed by atoms with Gasteiger partial charge in [-0.1, -0.05) is 0 Å². The van der Waals surface area contributed by atoms with Crippen LogP contribution in [0.25, 0.3) is 0 Å². The maximum Gasteiger partial charge on any atom is 0.317 e. The lowest BCUT2D eigenvalue weighted by Crippen LogP contribution is -2.46. The SMILES string of the molecule is COc1cncc([C@@H](NC(=O)CNC(=O)N(C)C)C2CC(O)C2)c1. The van der Waals surface area contributed by atoms with Crippen molar-refractivity contribution in [2.45, 2.75) is 25.0 Å². The van der Waals surface area contributed by atoms with Gasteiger partial charge in [-0.3, -0.25) is 9.78 Å². The molecule has 1 heterocycles. The molecule has 8 nitrogen and oxygen atoms in total. The zero-order chi connectivity index (χ0) is 17.7. The fourth-order valence-corrected chi connectivity index (χ4v) is 2.63. The van der Waals surface area contributed by atoms with Gasteiger partial charge in [-0.25, -0.2) is 4.79 Å². The number of carbonyl (C=O) groups is 2. The van der Waals surface area contributed by atoms with Crippen LogP contribution in [0.15, 0.2) is 18.5 Å². The van der Waals surface area contributed by atoms with Crippen molar-refractivity contribution in [2.75, 3.05) is 27.7 Å². The first-order chi connectivity index (χ1) is 11.4. The molecule has 1 aromatic heterocycles. The maximum atomic E-state index is 12.2. The number of rotatable bonds is 6. The standard InChI is InChI=1S/C16H24N4O4/c1-20(2)16(23)18-9-14(22)19-15(10-4-12(21)5-10)11-6-13(24-3)8-17-7-11/h6-8,10,12,15,21H,4-5,9H2,1-3H3,(H,18,23)(H,19,22)/t10?,12?,15-/m0/s1. The second-order valence-electron chi connectivity index (χ2n) is 6.14. The van der Waals surface area contributed by atoms with E-state index in [0.29, 0.717) is 18.6 Å². The third kappa shape index (κ3) is 4.58. The molecule has 0 aliphatic heterocycles. The van der Waals surface area contributed by atoms with Crippen LogP contribution in [0.3, 0.4) is 0 Å². The fraction of sp³-hybridized carbons (Fsp3) is 0.562. The Morgan fingerprint density at radius 3 is 2.71 bits per heavy atom. The molecule has 3 N–H and O–H groups in total. The average molecular weight is 336 g/mol. The van der Waals surface area contributed by atoms with E-state index in [1.807, 2.05) is 6.07 Å². The van der Waals surface area contributed by atoms with Crippen LogP contribution in [0.5, 0.6) is 5.75 Å². The molecule has 2 rings (SSSR count). The van der Waals surface area contributed by atoms with E-state index < -0.39 is 0 Å². The third-order valence-electron chi connectivity index (χ3n) is 4.07. The van der Waals surface area contributed by atoms with Crippen LogP contribution >= 0.6 is 0 Å². The van der Waals surface area contributed by atoms with Crippen molar-refractivity contribution in [1.29, 1.82) is 0 Å². The summed E-state index contributed by atoms with van der Waals surface area (Å²) in [7, 11) is 4.76. The lowest BCUT2D eigenvalue weighted by molar-refractivity contribution is -0.122. The van der Waals surface area contributed by atoms with E-state index in [2.05, 4.69) is 15.6 Å². The summed E-state index contributed by atoms with van der Waals surface area (Å²) in [5.41, 5.74) is 0.818. The molecule has 1 fully saturated rings. The van der Waals surface area contributed by atoms with Gasteiger partial charge in [0.15, 0.2) is 0 Å². The summed E-state index contributed by atoms with van der Waals surface area (Å²) in [6, 6.07) is 1.21. The summed E-state index contributed by atoms with van der Waals surface area (Å²) in [6.45, 7) is -0.111. The van der Waals surface area contributed by atoms with Gasteiger partial charge in [0.2, 0.25) is 5.91 Å². The smallest absolute Gasteiger partial charge is 0.317 e. The van der Waals surface area contributed by atoms with Crippen LogP contribution in [-0.4, -0.2) is 60.8 Å². The number of aromatic nitrogens is 1. The highest BCUT2D eigenvalue weighted by molar-refractivity contribution is 5.84. The molecule has 0 unspecified atom stereocenters. The summed E-state index contributed by atoms with van der Waals surface area (Å²) in [4.78, 5) is 29.2. The molecule has 1 aromatic rings. The van der Waals surface area contributed by atoms with Crippen molar-refractivity contribution in [3.05, 3.63) is 24.0 Å². The molecule has 0 saturated heterocycles. The molecule has 1 aliphatic carbocycles. The quantitative estimate of drug-likeness (QED) is 0.693. The number of carbonyl (C=O) groups excluding carboxylic acids is 2. The number of pyridine rings is 1. The Bertz CT molecular complexity index is 587. The molecule has 0 spiro atoms. The number of hydrogen-bond donors (Lipinski definition) is 3. The van der Waals surface area contributed by atoms with E-state index in [1.165, 1.54) is 4.90 Å². The molecule has 1 atom stereocenters. The minimum atomic E-state index is -0.332. The molecule has 1 aliphatic rings. The molecule has 0 aromatic carbocycles. The minimum Gasteiger partial charge on any atom is -0.495 e. The van der Waals surface area contributed by atoms with E-state index in [9.17, 15) is 14.7 Å². The van der Waals surface area contributed by atoms with Crippen molar-refractivity contribution in [2.24, 2.45) is 5.92 Å². The Morgan fingerprint density at radius 1 is 1.42 bits per heavy atom. The van der Waals surface area contributed by atoms with Gasteiger partial charge in [-0.05, 0) is 30.4 Å². The summed E-state index contributed by atoms with van der Waals surface area (Å²) >= 11 is 0. The van der Waals surface area contributed by atoms with Crippen molar-refractivity contribution >= 4 is 11.9 Å². The highest BCUT2D eigenvalue weighted by Gasteiger charge is 2.36. The predicted molar refractivity (Wildman–Crippen MR) is 87.5 cm³/mol. The highest BCUT2D eigenvalue weighted by Crippen LogP contribution is 2.38. The van der Waals surface area contributed by atoms with Gasteiger partial charge in [0.25, 0.3) is 0 Å². The molecule has 24 heavy (non-hydrogen) atoms. The molecule has 3 amide bonds. The fourth-order valence-electron chi connectivity index (χ4n) is 2.63.